The van der Waals surface area contributed by atoms with Crippen LogP contribution >= 0.6 is 0 Å². The van der Waals surface area contributed by atoms with Crippen LogP contribution in [0.1, 0.15) is 6.92 Å². The first-order chi connectivity index (χ1) is 14.5. The van der Waals surface area contributed by atoms with Gasteiger partial charge < -0.3 is 69.6 Å². The van der Waals surface area contributed by atoms with Gasteiger partial charge in [0.1, 0.15) is 61.0 Å². The number of ether oxygens (including phenoxy) is 5. The lowest BCUT2D eigenvalue weighted by Gasteiger charge is -2.44. The Morgan fingerprint density at radius 3 is 2.03 bits per heavy atom. The average molecular weight is 458 g/mol. The van der Waals surface area contributed by atoms with E-state index < -0.39 is 92.6 Å². The molecule has 182 valence electrons. The van der Waals surface area contributed by atoms with E-state index in [4.69, 9.17) is 23.7 Å². The number of aliphatic hydroxyl groups excluding tert-OH is 9. The maximum absolute atomic E-state index is 10.3. The summed E-state index contributed by atoms with van der Waals surface area (Å²) in [6, 6.07) is 0. The maximum atomic E-state index is 10.3. The molecule has 0 aromatic carbocycles. The van der Waals surface area contributed by atoms with E-state index in [0.717, 1.165) is 0 Å². The zero-order valence-corrected chi connectivity index (χ0v) is 16.6. The molecule has 3 saturated heterocycles. The van der Waals surface area contributed by atoms with Gasteiger partial charge in [0.2, 0.25) is 0 Å². The summed E-state index contributed by atoms with van der Waals surface area (Å²) in [4.78, 5) is 0. The smallest absolute Gasteiger partial charge is 0.186 e. The molecule has 14 nitrogen and oxygen atoms in total. The summed E-state index contributed by atoms with van der Waals surface area (Å²) in [5.41, 5.74) is 0. The molecule has 31 heavy (non-hydrogen) atoms. The standard InChI is InChI=1S/C17H30O14/c1-4-7(19)10(22)13(25)16(29-4)28-3-6-9(21)11(23)14(15(26)30-6)31-17-12(24)8(20)5(18)2-27-17/h4-26H,2-3H2,1H3/t4-,5+,6+,7-,8-,9+,10+,11-,12+,13+,14+,15-,16+,17-/m0/s1. The molecule has 0 amide bonds. The summed E-state index contributed by atoms with van der Waals surface area (Å²) in [5, 5.41) is 89.4. The van der Waals surface area contributed by atoms with Gasteiger partial charge in [-0.05, 0) is 6.92 Å². The summed E-state index contributed by atoms with van der Waals surface area (Å²) in [6.45, 7) is 0.603. The zero-order valence-electron chi connectivity index (χ0n) is 16.6. The molecule has 14 atom stereocenters. The molecule has 3 fully saturated rings. The first kappa shape index (κ1) is 25.1. The van der Waals surface area contributed by atoms with Crippen LogP contribution in [0.3, 0.4) is 0 Å². The Hall–Kier alpha value is -0.560. The molecule has 0 unspecified atom stereocenters. The second-order valence-corrected chi connectivity index (χ2v) is 7.91. The van der Waals surface area contributed by atoms with E-state index in [1.807, 2.05) is 0 Å². The quantitative estimate of drug-likeness (QED) is 0.187. The fourth-order valence-electron chi connectivity index (χ4n) is 3.60. The number of hydrogen-bond donors (Lipinski definition) is 9. The summed E-state index contributed by atoms with van der Waals surface area (Å²) >= 11 is 0. The van der Waals surface area contributed by atoms with Gasteiger partial charge in [-0.15, -0.1) is 0 Å². The van der Waals surface area contributed by atoms with Gasteiger partial charge >= 0.3 is 0 Å². The van der Waals surface area contributed by atoms with E-state index >= 15 is 0 Å². The van der Waals surface area contributed by atoms with Crippen molar-refractivity contribution in [1.29, 1.82) is 0 Å². The van der Waals surface area contributed by atoms with Gasteiger partial charge in [-0.1, -0.05) is 0 Å². The van der Waals surface area contributed by atoms with Crippen LogP contribution < -0.4 is 0 Å². The van der Waals surface area contributed by atoms with Gasteiger partial charge in [0, 0.05) is 0 Å². The summed E-state index contributed by atoms with van der Waals surface area (Å²) in [7, 11) is 0. The molecule has 0 aromatic rings. The van der Waals surface area contributed by atoms with E-state index in [1.54, 1.807) is 0 Å². The molecule has 0 aromatic heterocycles. The van der Waals surface area contributed by atoms with Crippen LogP contribution in [0.5, 0.6) is 0 Å². The van der Waals surface area contributed by atoms with Gasteiger partial charge in [-0.25, -0.2) is 0 Å². The van der Waals surface area contributed by atoms with Gasteiger partial charge in [-0.2, -0.15) is 0 Å². The highest BCUT2D eigenvalue weighted by molar-refractivity contribution is 4.92. The molecule has 0 spiro atoms. The first-order valence-electron chi connectivity index (χ1n) is 9.85. The summed E-state index contributed by atoms with van der Waals surface area (Å²) in [5.74, 6) is 0. The molecular weight excluding hydrogens is 428 g/mol. The van der Waals surface area contributed by atoms with Crippen molar-refractivity contribution in [1.82, 2.24) is 0 Å². The second kappa shape index (κ2) is 10.1. The Morgan fingerprint density at radius 1 is 0.710 bits per heavy atom. The highest BCUT2D eigenvalue weighted by Gasteiger charge is 2.49. The fraction of sp³-hybridized carbons (Fsp3) is 1.00. The molecule has 3 aliphatic rings. The number of aliphatic hydroxyl groups is 9. The monoisotopic (exact) mass is 458 g/mol. The predicted molar refractivity (Wildman–Crippen MR) is 93.8 cm³/mol. The van der Waals surface area contributed by atoms with Crippen molar-refractivity contribution in [2.75, 3.05) is 13.2 Å². The summed E-state index contributed by atoms with van der Waals surface area (Å²) in [6.07, 6.45) is -20.9. The van der Waals surface area contributed by atoms with E-state index in [1.165, 1.54) is 6.92 Å². The Bertz CT molecular complexity index is 581. The zero-order chi connectivity index (χ0) is 23.0. The van der Waals surface area contributed by atoms with Crippen LogP contribution in [0.2, 0.25) is 0 Å². The number of hydrogen-bond acceptors (Lipinski definition) is 14. The average Bonchev–Trinajstić information content (AvgIpc) is 2.74. The molecule has 0 bridgehead atoms. The van der Waals surface area contributed by atoms with Crippen LogP contribution in [0.4, 0.5) is 0 Å². The fourth-order valence-corrected chi connectivity index (χ4v) is 3.60. The Kier molecular flexibility index (Phi) is 8.21. The minimum atomic E-state index is -1.81. The topological polar surface area (TPSA) is 228 Å². The molecule has 3 heterocycles. The van der Waals surface area contributed by atoms with E-state index in [9.17, 15) is 46.0 Å². The first-order valence-corrected chi connectivity index (χ1v) is 9.85. The Balaban J connectivity index is 1.56. The molecule has 9 N–H and O–H groups in total. The Labute approximate surface area is 176 Å². The molecule has 0 radical (unpaired) electrons. The van der Waals surface area contributed by atoms with Crippen LogP contribution in [0.15, 0.2) is 0 Å². The molecule has 3 rings (SSSR count). The lowest BCUT2D eigenvalue weighted by Crippen LogP contribution is -2.63. The summed E-state index contributed by atoms with van der Waals surface area (Å²) < 4.78 is 26.1. The molecular formula is C17H30O14. The van der Waals surface area contributed by atoms with Crippen molar-refractivity contribution in [2.45, 2.75) is 92.9 Å². The van der Waals surface area contributed by atoms with Crippen molar-refractivity contribution in [3.05, 3.63) is 0 Å². The van der Waals surface area contributed by atoms with E-state index in [0.29, 0.717) is 0 Å². The van der Waals surface area contributed by atoms with E-state index in [2.05, 4.69) is 0 Å². The Morgan fingerprint density at radius 2 is 1.35 bits per heavy atom. The minimum absolute atomic E-state index is 0.371. The van der Waals surface area contributed by atoms with Crippen LogP contribution in [0.25, 0.3) is 0 Å². The van der Waals surface area contributed by atoms with Crippen molar-refractivity contribution in [3.8, 4) is 0 Å². The largest absolute Gasteiger partial charge is 0.388 e. The lowest BCUT2D eigenvalue weighted by atomic mass is 9.98. The third-order valence-electron chi connectivity index (χ3n) is 5.64. The number of rotatable bonds is 5. The van der Waals surface area contributed by atoms with Gasteiger partial charge in [0.15, 0.2) is 18.9 Å². The lowest BCUT2D eigenvalue weighted by molar-refractivity contribution is -0.356. The third-order valence-corrected chi connectivity index (χ3v) is 5.64. The van der Waals surface area contributed by atoms with Gasteiger partial charge in [-0.3, -0.25) is 0 Å². The maximum Gasteiger partial charge on any atom is 0.186 e. The van der Waals surface area contributed by atoms with Crippen molar-refractivity contribution >= 4 is 0 Å². The van der Waals surface area contributed by atoms with Crippen LogP contribution in [0, 0.1) is 0 Å². The van der Waals surface area contributed by atoms with Crippen molar-refractivity contribution in [2.24, 2.45) is 0 Å². The normalized spacial score (nSPS) is 54.0. The third kappa shape index (κ3) is 5.18. The predicted octanol–water partition coefficient (Wildman–Crippen LogP) is -5.91. The second-order valence-electron chi connectivity index (χ2n) is 7.91. The van der Waals surface area contributed by atoms with Gasteiger partial charge in [0.25, 0.3) is 0 Å². The molecule has 3 aliphatic heterocycles. The molecule has 14 heteroatoms. The van der Waals surface area contributed by atoms with Crippen molar-refractivity contribution < 1.29 is 69.6 Å². The van der Waals surface area contributed by atoms with Crippen LogP contribution in [-0.4, -0.2) is 145 Å². The minimum Gasteiger partial charge on any atom is -0.388 e. The van der Waals surface area contributed by atoms with Gasteiger partial charge in [0.05, 0.1) is 19.3 Å². The molecule has 0 aliphatic carbocycles. The highest BCUT2D eigenvalue weighted by Crippen LogP contribution is 2.28. The van der Waals surface area contributed by atoms with Crippen molar-refractivity contribution in [3.63, 3.8) is 0 Å². The van der Waals surface area contributed by atoms with Crippen LogP contribution in [-0.2, 0) is 23.7 Å². The van der Waals surface area contributed by atoms with E-state index in [-0.39, 0.29) is 6.61 Å². The SMILES string of the molecule is C[C@@H]1O[C@@H](OC[C@H]2O[C@H](O)[C@H](O[C@@H]3OC[C@@H](O)[C@H](O)[C@H]3O)[C@@H](O)[C@@H]2O)[C@H](O)[C@H](O)[C@H]1O. The highest BCUT2D eigenvalue weighted by atomic mass is 16.7. The molecule has 0 saturated carbocycles.